The van der Waals surface area contributed by atoms with E-state index < -0.39 is 0 Å². The first-order valence-electron chi connectivity index (χ1n) is 25.9. The van der Waals surface area contributed by atoms with Crippen molar-refractivity contribution in [1.29, 1.82) is 0 Å². The molecular weight excluding hydrogens is 805 g/mol. The Kier molecular flexibility index (Phi) is 22.5. The van der Waals surface area contributed by atoms with Crippen LogP contribution < -0.4 is 18.9 Å². The van der Waals surface area contributed by atoms with Crippen LogP contribution in [0.1, 0.15) is 174 Å². The molecule has 0 unspecified atom stereocenters. The highest BCUT2D eigenvalue weighted by atomic mass is 16.5. The van der Waals surface area contributed by atoms with Gasteiger partial charge in [0.15, 0.2) is 0 Å². The first-order valence-corrected chi connectivity index (χ1v) is 25.9. The molecule has 2 N–H and O–H groups in total. The van der Waals surface area contributed by atoms with E-state index in [1.54, 1.807) is 0 Å². The van der Waals surface area contributed by atoms with Crippen molar-refractivity contribution in [3.8, 4) is 45.8 Å². The van der Waals surface area contributed by atoms with E-state index in [1.807, 2.05) is 48.5 Å². The van der Waals surface area contributed by atoms with Crippen molar-refractivity contribution in [3.05, 3.63) is 84.9 Å². The maximum Gasteiger partial charge on any atom is 0.138 e. The zero-order valence-corrected chi connectivity index (χ0v) is 40.1. The van der Waals surface area contributed by atoms with E-state index in [0.29, 0.717) is 13.2 Å². The molecule has 0 saturated carbocycles. The molecule has 2 aromatic heterocycles. The van der Waals surface area contributed by atoms with Gasteiger partial charge in [0.05, 0.1) is 48.5 Å². The Balaban J connectivity index is 0.783. The van der Waals surface area contributed by atoms with Crippen LogP contribution in [0.15, 0.2) is 84.9 Å². The molecular formula is C57H80N4O4. The molecule has 4 aromatic carbocycles. The number of benzene rings is 4. The monoisotopic (exact) mass is 885 g/mol. The van der Waals surface area contributed by atoms with Crippen LogP contribution in [-0.2, 0) is 0 Å². The molecule has 8 nitrogen and oxygen atoms in total. The fourth-order valence-corrected chi connectivity index (χ4v) is 8.52. The Bertz CT molecular complexity index is 2000. The van der Waals surface area contributed by atoms with Crippen LogP contribution in [0.5, 0.6) is 23.0 Å². The van der Waals surface area contributed by atoms with Crippen molar-refractivity contribution in [2.75, 3.05) is 26.4 Å². The van der Waals surface area contributed by atoms with Gasteiger partial charge in [0.25, 0.3) is 0 Å². The smallest absolute Gasteiger partial charge is 0.138 e. The quantitative estimate of drug-likeness (QED) is 0.0382. The van der Waals surface area contributed by atoms with Gasteiger partial charge in [-0.05, 0) is 98.5 Å². The average Bonchev–Trinajstić information content (AvgIpc) is 3.97. The number of nitrogens with zero attached hydrogens (tertiary/aromatic N) is 2. The summed E-state index contributed by atoms with van der Waals surface area (Å²) in [5, 5.41) is 0. The van der Waals surface area contributed by atoms with E-state index >= 15 is 0 Å². The zero-order chi connectivity index (χ0) is 45.0. The topological polar surface area (TPSA) is 94.3 Å². The summed E-state index contributed by atoms with van der Waals surface area (Å²) >= 11 is 0. The van der Waals surface area contributed by atoms with Crippen molar-refractivity contribution in [1.82, 2.24) is 19.9 Å². The Labute approximate surface area is 391 Å². The summed E-state index contributed by atoms with van der Waals surface area (Å²) in [6, 6.07) is 28.7. The van der Waals surface area contributed by atoms with Crippen molar-refractivity contribution in [2.45, 2.75) is 174 Å². The summed E-state index contributed by atoms with van der Waals surface area (Å²) in [4.78, 5) is 16.6. The summed E-state index contributed by atoms with van der Waals surface area (Å²) < 4.78 is 24.3. The van der Waals surface area contributed by atoms with E-state index in [9.17, 15) is 0 Å². The van der Waals surface area contributed by atoms with Crippen LogP contribution in [0.25, 0.3) is 44.8 Å². The largest absolute Gasteiger partial charge is 0.494 e. The summed E-state index contributed by atoms with van der Waals surface area (Å²) in [7, 11) is 0. The summed E-state index contributed by atoms with van der Waals surface area (Å²) in [6.07, 6.45) is 32.1. The minimum Gasteiger partial charge on any atom is -0.494 e. The van der Waals surface area contributed by atoms with E-state index in [0.717, 1.165) is 120 Å². The first kappa shape index (κ1) is 49.5. The molecule has 0 radical (unpaired) electrons. The fraction of sp³-hybridized carbons (Fsp3) is 0.544. The normalized spacial score (nSPS) is 11.5. The Hall–Kier alpha value is -4.98. The molecule has 0 bridgehead atoms. The summed E-state index contributed by atoms with van der Waals surface area (Å²) in [5.41, 5.74) is 5.97. The lowest BCUT2D eigenvalue weighted by molar-refractivity contribution is 0.293. The number of H-pyrrole nitrogens is 2. The third-order valence-electron chi connectivity index (χ3n) is 12.5. The van der Waals surface area contributed by atoms with Crippen LogP contribution in [0.3, 0.4) is 0 Å². The zero-order valence-electron chi connectivity index (χ0n) is 40.1. The summed E-state index contributed by atoms with van der Waals surface area (Å²) in [5.74, 6) is 5.30. The lowest BCUT2D eigenvalue weighted by atomic mass is 10.1. The Morgan fingerprint density at radius 2 is 0.600 bits per heavy atom. The Morgan fingerprint density at radius 1 is 0.323 bits per heavy atom. The predicted molar refractivity (Wildman–Crippen MR) is 272 cm³/mol. The molecule has 6 rings (SSSR count). The maximum absolute atomic E-state index is 6.08. The van der Waals surface area contributed by atoms with Gasteiger partial charge in [-0.1, -0.05) is 149 Å². The van der Waals surface area contributed by atoms with Gasteiger partial charge in [-0.25, -0.2) is 9.97 Å². The SMILES string of the molecule is CCCCCCCCCCCCOc1ccc2nc(-c3ccc(OCCCCCCCOc4ccc(-c5nc6ccc(OCCCCCCCCCCCC)cc6[nH]5)cc4)cc3)[nH]c2c1. The molecule has 0 aliphatic heterocycles. The number of unbranched alkanes of at least 4 members (excludes halogenated alkanes) is 22. The van der Waals surface area contributed by atoms with Crippen molar-refractivity contribution >= 4 is 22.1 Å². The van der Waals surface area contributed by atoms with Crippen LogP contribution in [0, 0.1) is 0 Å². The number of ether oxygens (including phenoxy) is 4. The van der Waals surface area contributed by atoms with Gasteiger partial charge in [0, 0.05) is 23.3 Å². The number of hydrogen-bond donors (Lipinski definition) is 2. The highest BCUT2D eigenvalue weighted by molar-refractivity contribution is 5.81. The number of fused-ring (bicyclic) bond motifs is 2. The average molecular weight is 885 g/mol. The minimum atomic E-state index is 0.717. The number of aromatic nitrogens is 4. The molecule has 0 spiro atoms. The molecule has 6 aromatic rings. The van der Waals surface area contributed by atoms with Gasteiger partial charge < -0.3 is 28.9 Å². The van der Waals surface area contributed by atoms with E-state index in [-0.39, 0.29) is 0 Å². The molecule has 0 fully saturated rings. The molecule has 352 valence electrons. The van der Waals surface area contributed by atoms with Crippen molar-refractivity contribution in [3.63, 3.8) is 0 Å². The van der Waals surface area contributed by atoms with E-state index in [4.69, 9.17) is 28.9 Å². The lowest BCUT2D eigenvalue weighted by Gasteiger charge is -2.08. The Morgan fingerprint density at radius 3 is 0.923 bits per heavy atom. The molecule has 2 heterocycles. The van der Waals surface area contributed by atoms with Gasteiger partial charge >= 0.3 is 0 Å². The van der Waals surface area contributed by atoms with Crippen LogP contribution in [0.2, 0.25) is 0 Å². The van der Waals surface area contributed by atoms with Gasteiger partial charge in [0.2, 0.25) is 0 Å². The fourth-order valence-electron chi connectivity index (χ4n) is 8.52. The second-order valence-electron chi connectivity index (χ2n) is 18.1. The van der Waals surface area contributed by atoms with E-state index in [1.165, 1.54) is 122 Å². The molecule has 0 aliphatic rings. The number of nitrogens with one attached hydrogen (secondary N) is 2. The van der Waals surface area contributed by atoms with Crippen molar-refractivity contribution in [2.24, 2.45) is 0 Å². The molecule has 8 heteroatoms. The lowest BCUT2D eigenvalue weighted by Crippen LogP contribution is -1.99. The standard InChI is InChI=1S/C57H80N4O4/c1-3-5-7-9-11-13-15-17-20-26-42-64-50-36-38-52-54(44-50)60-56(58-52)46-28-32-48(33-29-46)62-40-24-22-19-23-25-41-63-49-34-30-47(31-35-49)57-59-53-39-37-51(45-55(53)61-57)65-43-27-21-18-16-14-12-10-8-6-4-2/h28-39,44-45H,3-27,40-43H2,1-2H3,(H,58,60)(H,59,61). The molecule has 0 atom stereocenters. The number of rotatable bonds is 36. The minimum absolute atomic E-state index is 0.717. The predicted octanol–water partition coefficient (Wildman–Crippen LogP) is 16.8. The van der Waals surface area contributed by atoms with Gasteiger partial charge in [0.1, 0.15) is 34.6 Å². The van der Waals surface area contributed by atoms with Gasteiger partial charge in [-0.3, -0.25) is 0 Å². The van der Waals surface area contributed by atoms with Crippen LogP contribution in [0.4, 0.5) is 0 Å². The van der Waals surface area contributed by atoms with Crippen molar-refractivity contribution < 1.29 is 18.9 Å². The number of hydrogen-bond acceptors (Lipinski definition) is 6. The van der Waals surface area contributed by atoms with Crippen LogP contribution >= 0.6 is 0 Å². The van der Waals surface area contributed by atoms with Gasteiger partial charge in [-0.2, -0.15) is 0 Å². The second kappa shape index (κ2) is 29.5. The molecule has 0 amide bonds. The molecule has 0 aliphatic carbocycles. The first-order chi connectivity index (χ1) is 32.2. The van der Waals surface area contributed by atoms with Gasteiger partial charge in [-0.15, -0.1) is 0 Å². The third-order valence-corrected chi connectivity index (χ3v) is 12.5. The summed E-state index contributed by atoms with van der Waals surface area (Å²) in [6.45, 7) is 7.52. The van der Waals surface area contributed by atoms with Crippen LogP contribution in [-0.4, -0.2) is 46.4 Å². The molecule has 65 heavy (non-hydrogen) atoms. The highest BCUT2D eigenvalue weighted by Crippen LogP contribution is 2.28. The number of imidazole rings is 2. The number of aromatic amines is 2. The molecule has 0 saturated heterocycles. The maximum atomic E-state index is 6.08. The second-order valence-corrected chi connectivity index (χ2v) is 18.1. The van der Waals surface area contributed by atoms with E-state index in [2.05, 4.69) is 60.2 Å². The third kappa shape index (κ3) is 18.1. The highest BCUT2D eigenvalue weighted by Gasteiger charge is 2.10.